The fourth-order valence-corrected chi connectivity index (χ4v) is 7.64. The van der Waals surface area contributed by atoms with Crippen LogP contribution in [-0.2, 0) is 4.12 Å². The molecule has 0 N–H and O–H groups in total. The van der Waals surface area contributed by atoms with Crippen molar-refractivity contribution in [1.29, 1.82) is 0 Å². The monoisotopic (exact) mass is 212 g/mol. The minimum absolute atomic E-state index is 0.931. The van der Waals surface area contributed by atoms with Gasteiger partial charge in [0.25, 0.3) is 0 Å². The van der Waals surface area contributed by atoms with Gasteiger partial charge in [-0.25, -0.2) is 0 Å². The summed E-state index contributed by atoms with van der Waals surface area (Å²) in [7, 11) is -3.41. The van der Waals surface area contributed by atoms with E-state index >= 15 is 0 Å². The van der Waals surface area contributed by atoms with Gasteiger partial charge in [-0.05, 0) is 25.7 Å². The first kappa shape index (κ1) is 12.6. The highest BCUT2D eigenvalue weighted by atomic mass is 28.4. The van der Waals surface area contributed by atoms with E-state index in [0.29, 0.717) is 0 Å². The van der Waals surface area contributed by atoms with Gasteiger partial charge >= 0.3 is 0 Å². The topological polar surface area (TPSA) is 9.23 Å². The Labute approximate surface area is 84.1 Å². The number of rotatable bonds is 6. The molecule has 0 aromatic heterocycles. The Kier molecular flexibility index (Phi) is 4.60. The quantitative estimate of drug-likeness (QED) is 0.484. The Morgan fingerprint density at radius 2 is 1.62 bits per heavy atom. The largest absolute Gasteiger partial charge is 0.449 e. The lowest BCUT2D eigenvalue weighted by molar-refractivity contribution is 0.566. The van der Waals surface area contributed by atoms with Gasteiger partial charge in [0, 0.05) is 0 Å². The Bertz CT molecular complexity index is 211. The van der Waals surface area contributed by atoms with E-state index in [1.807, 2.05) is 17.5 Å². The molecular formula is C10H20OSi2. The fourth-order valence-electron chi connectivity index (χ4n) is 1.10. The van der Waals surface area contributed by atoms with Crippen LogP contribution in [0.5, 0.6) is 0 Å². The van der Waals surface area contributed by atoms with Crippen LogP contribution in [-0.4, -0.2) is 16.6 Å². The lowest BCUT2D eigenvalue weighted by Crippen LogP contribution is -2.43. The van der Waals surface area contributed by atoms with Crippen molar-refractivity contribution in [2.24, 2.45) is 0 Å². The molecule has 1 atom stereocenters. The Balaban J connectivity index is 4.51. The second-order valence-corrected chi connectivity index (χ2v) is 11.8. The minimum Gasteiger partial charge on any atom is -0.449 e. The molecule has 0 aliphatic carbocycles. The molecule has 13 heavy (non-hydrogen) atoms. The normalized spacial score (nSPS) is 15.9. The fraction of sp³-hybridized carbons (Fsp3) is 0.400. The van der Waals surface area contributed by atoms with Crippen molar-refractivity contribution in [1.82, 2.24) is 0 Å². The summed E-state index contributed by atoms with van der Waals surface area (Å²) < 4.78 is 6.13. The molecule has 0 aliphatic heterocycles. The van der Waals surface area contributed by atoms with Crippen LogP contribution >= 0.6 is 0 Å². The van der Waals surface area contributed by atoms with E-state index in [0.717, 1.165) is 6.04 Å². The van der Waals surface area contributed by atoms with Crippen LogP contribution in [0.1, 0.15) is 0 Å². The SMILES string of the molecule is C=CC[Si](C)(C=C)O[Si](C)(C)C=C. The van der Waals surface area contributed by atoms with Gasteiger partial charge in [0.05, 0.1) is 0 Å². The molecule has 0 rings (SSSR count). The molecule has 0 aliphatic rings. The van der Waals surface area contributed by atoms with Crippen molar-refractivity contribution in [3.8, 4) is 0 Å². The summed E-state index contributed by atoms with van der Waals surface area (Å²) >= 11 is 0. The van der Waals surface area contributed by atoms with Crippen LogP contribution in [0, 0.1) is 0 Å². The standard InChI is InChI=1S/C10H20OSi2/c1-7-10-13(6,9-3)11-12(4,5)8-2/h7-9H,1-3,10H2,4-6H3. The molecule has 0 saturated heterocycles. The number of hydrogen-bond donors (Lipinski definition) is 0. The number of hydrogen-bond acceptors (Lipinski definition) is 1. The van der Waals surface area contributed by atoms with Crippen molar-refractivity contribution in [3.05, 3.63) is 37.2 Å². The van der Waals surface area contributed by atoms with Crippen molar-refractivity contribution < 1.29 is 4.12 Å². The molecule has 0 radical (unpaired) electrons. The summed E-state index contributed by atoms with van der Waals surface area (Å²) in [4.78, 5) is 0. The highest BCUT2D eigenvalue weighted by Crippen LogP contribution is 2.20. The zero-order valence-corrected chi connectivity index (χ0v) is 11.0. The number of allylic oxidation sites excluding steroid dienone is 1. The second-order valence-electron chi connectivity index (χ2n) is 3.92. The predicted molar refractivity (Wildman–Crippen MR) is 65.6 cm³/mol. The molecule has 0 aromatic rings. The third kappa shape index (κ3) is 4.40. The lowest BCUT2D eigenvalue weighted by atomic mass is 10.8. The summed E-state index contributed by atoms with van der Waals surface area (Å²) in [6.45, 7) is 17.9. The molecule has 0 spiro atoms. The van der Waals surface area contributed by atoms with Gasteiger partial charge in [0.2, 0.25) is 8.32 Å². The first-order chi connectivity index (χ1) is 5.89. The van der Waals surface area contributed by atoms with E-state index in [-0.39, 0.29) is 0 Å². The van der Waals surface area contributed by atoms with Gasteiger partial charge in [-0.1, -0.05) is 17.5 Å². The van der Waals surface area contributed by atoms with Crippen molar-refractivity contribution in [3.63, 3.8) is 0 Å². The Hall–Kier alpha value is -0.386. The summed E-state index contributed by atoms with van der Waals surface area (Å²) in [6.07, 6.45) is 1.92. The van der Waals surface area contributed by atoms with Crippen molar-refractivity contribution in [2.75, 3.05) is 0 Å². The minimum atomic E-state index is -1.74. The van der Waals surface area contributed by atoms with E-state index in [1.54, 1.807) is 0 Å². The Morgan fingerprint density at radius 1 is 1.08 bits per heavy atom. The first-order valence-corrected chi connectivity index (χ1v) is 10.2. The van der Waals surface area contributed by atoms with E-state index in [2.05, 4.69) is 39.4 Å². The summed E-state index contributed by atoms with van der Waals surface area (Å²) in [5.41, 5.74) is 3.94. The average molecular weight is 212 g/mol. The van der Waals surface area contributed by atoms with Crippen LogP contribution in [0.4, 0.5) is 0 Å². The summed E-state index contributed by atoms with van der Waals surface area (Å²) in [6, 6.07) is 0.931. The van der Waals surface area contributed by atoms with E-state index in [4.69, 9.17) is 4.12 Å². The molecule has 0 amide bonds. The molecule has 1 unspecified atom stereocenters. The van der Waals surface area contributed by atoms with Gasteiger partial charge in [-0.3, -0.25) is 0 Å². The first-order valence-electron chi connectivity index (χ1n) is 4.47. The highest BCUT2D eigenvalue weighted by Gasteiger charge is 2.31. The molecule has 3 heteroatoms. The van der Waals surface area contributed by atoms with Gasteiger partial charge in [-0.15, -0.1) is 19.7 Å². The second kappa shape index (κ2) is 4.74. The van der Waals surface area contributed by atoms with Gasteiger partial charge in [0.1, 0.15) is 0 Å². The summed E-state index contributed by atoms with van der Waals surface area (Å²) in [5, 5.41) is 0. The predicted octanol–water partition coefficient (Wildman–Crippen LogP) is 3.42. The van der Waals surface area contributed by atoms with Gasteiger partial charge in [0.15, 0.2) is 8.32 Å². The van der Waals surface area contributed by atoms with Gasteiger partial charge < -0.3 is 4.12 Å². The third-order valence-corrected chi connectivity index (χ3v) is 8.88. The van der Waals surface area contributed by atoms with Crippen LogP contribution in [0.25, 0.3) is 0 Å². The molecule has 0 heterocycles. The third-order valence-electron chi connectivity index (χ3n) is 1.97. The smallest absolute Gasteiger partial charge is 0.205 e. The highest BCUT2D eigenvalue weighted by molar-refractivity contribution is 6.90. The van der Waals surface area contributed by atoms with Crippen molar-refractivity contribution >= 4 is 16.6 Å². The molecule has 0 aromatic carbocycles. The van der Waals surface area contributed by atoms with E-state index in [1.165, 1.54) is 0 Å². The maximum Gasteiger partial charge on any atom is 0.205 e. The molecular weight excluding hydrogens is 192 g/mol. The molecule has 74 valence electrons. The molecule has 1 nitrogen and oxygen atoms in total. The maximum atomic E-state index is 6.13. The van der Waals surface area contributed by atoms with Crippen LogP contribution in [0.2, 0.25) is 25.7 Å². The maximum absolute atomic E-state index is 6.13. The molecule has 0 fully saturated rings. The van der Waals surface area contributed by atoms with Crippen LogP contribution < -0.4 is 0 Å². The Morgan fingerprint density at radius 3 is 1.92 bits per heavy atom. The summed E-state index contributed by atoms with van der Waals surface area (Å²) in [5.74, 6) is 0. The van der Waals surface area contributed by atoms with Gasteiger partial charge in [-0.2, -0.15) is 0 Å². The van der Waals surface area contributed by atoms with E-state index < -0.39 is 16.6 Å². The average Bonchev–Trinajstić information content (AvgIpc) is 2.04. The molecule has 0 bridgehead atoms. The zero-order chi connectivity index (χ0) is 10.5. The van der Waals surface area contributed by atoms with Crippen LogP contribution in [0.15, 0.2) is 37.2 Å². The zero-order valence-electron chi connectivity index (χ0n) is 8.97. The van der Waals surface area contributed by atoms with Crippen molar-refractivity contribution in [2.45, 2.75) is 25.7 Å². The van der Waals surface area contributed by atoms with Crippen LogP contribution in [0.3, 0.4) is 0 Å². The van der Waals surface area contributed by atoms with E-state index in [9.17, 15) is 0 Å². The lowest BCUT2D eigenvalue weighted by Gasteiger charge is -2.31. The molecule has 0 saturated carbocycles.